The zero-order valence-corrected chi connectivity index (χ0v) is 9.64. The molecule has 4 nitrogen and oxygen atoms in total. The van der Waals surface area contributed by atoms with Crippen molar-refractivity contribution in [3.63, 3.8) is 0 Å². The molecule has 0 spiro atoms. The Morgan fingerprint density at radius 1 is 1.38 bits per heavy atom. The third-order valence-electron chi connectivity index (χ3n) is 2.58. The van der Waals surface area contributed by atoms with E-state index in [0.29, 0.717) is 0 Å². The maximum absolute atomic E-state index is 13.0. The Kier molecular flexibility index (Phi) is 2.43. The molecule has 1 aromatic carbocycles. The monoisotopic (exact) mass is 244 g/mol. The van der Waals surface area contributed by atoms with Crippen LogP contribution in [-0.2, 0) is 10.0 Å². The van der Waals surface area contributed by atoms with Crippen molar-refractivity contribution in [2.45, 2.75) is 30.2 Å². The van der Waals surface area contributed by atoms with Crippen molar-refractivity contribution in [1.82, 2.24) is 4.72 Å². The summed E-state index contributed by atoms with van der Waals surface area (Å²) in [6, 6.07) is 3.29. The van der Waals surface area contributed by atoms with Crippen LogP contribution in [0.1, 0.15) is 19.8 Å². The van der Waals surface area contributed by atoms with Crippen LogP contribution in [0.3, 0.4) is 0 Å². The third kappa shape index (κ3) is 2.33. The smallest absolute Gasteiger partial charge is 0.241 e. The molecule has 0 amide bonds. The van der Waals surface area contributed by atoms with E-state index >= 15 is 0 Å². The number of nitrogen functional groups attached to an aromatic ring is 1. The summed E-state index contributed by atoms with van der Waals surface area (Å²) < 4.78 is 39.3. The minimum atomic E-state index is -3.67. The van der Waals surface area contributed by atoms with Crippen LogP contribution in [0.2, 0.25) is 0 Å². The summed E-state index contributed by atoms with van der Waals surface area (Å²) >= 11 is 0. The van der Waals surface area contributed by atoms with Gasteiger partial charge in [0.15, 0.2) is 0 Å². The van der Waals surface area contributed by atoms with Crippen molar-refractivity contribution in [1.29, 1.82) is 0 Å². The van der Waals surface area contributed by atoms with Gasteiger partial charge in [-0.25, -0.2) is 17.5 Å². The number of nitrogens with one attached hydrogen (secondary N) is 1. The van der Waals surface area contributed by atoms with Crippen molar-refractivity contribution < 1.29 is 12.8 Å². The molecule has 16 heavy (non-hydrogen) atoms. The molecule has 1 aliphatic carbocycles. The highest BCUT2D eigenvalue weighted by Crippen LogP contribution is 2.36. The van der Waals surface area contributed by atoms with Gasteiger partial charge in [0.05, 0.1) is 4.90 Å². The topological polar surface area (TPSA) is 72.2 Å². The molecule has 0 aromatic heterocycles. The molecular formula is C10H13FN2O2S. The first-order valence-corrected chi connectivity index (χ1v) is 6.39. The van der Waals surface area contributed by atoms with Crippen LogP contribution in [0, 0.1) is 5.82 Å². The second-order valence-electron chi connectivity index (χ2n) is 4.39. The van der Waals surface area contributed by atoms with Crippen molar-refractivity contribution in [2.24, 2.45) is 0 Å². The molecule has 6 heteroatoms. The predicted molar refractivity (Wildman–Crippen MR) is 58.8 cm³/mol. The fourth-order valence-electron chi connectivity index (χ4n) is 1.41. The fourth-order valence-corrected chi connectivity index (χ4v) is 2.94. The molecule has 88 valence electrons. The molecule has 3 N–H and O–H groups in total. The van der Waals surface area contributed by atoms with E-state index in [2.05, 4.69) is 4.72 Å². The molecule has 0 saturated heterocycles. The Bertz CT molecular complexity index is 503. The lowest BCUT2D eigenvalue weighted by atomic mass is 10.3. The van der Waals surface area contributed by atoms with Gasteiger partial charge in [-0.2, -0.15) is 0 Å². The summed E-state index contributed by atoms with van der Waals surface area (Å²) in [7, 11) is -3.67. The van der Waals surface area contributed by atoms with Gasteiger partial charge in [0.25, 0.3) is 0 Å². The number of anilines is 1. The van der Waals surface area contributed by atoms with E-state index in [1.54, 1.807) is 0 Å². The Morgan fingerprint density at radius 2 is 2.00 bits per heavy atom. The minimum absolute atomic E-state index is 0.0984. The van der Waals surface area contributed by atoms with Gasteiger partial charge in [0.2, 0.25) is 10.0 Å². The van der Waals surface area contributed by atoms with Gasteiger partial charge in [-0.1, -0.05) is 0 Å². The number of benzene rings is 1. The number of halogens is 1. The second kappa shape index (κ2) is 3.43. The second-order valence-corrected chi connectivity index (χ2v) is 6.07. The lowest BCUT2D eigenvalue weighted by Gasteiger charge is -2.12. The van der Waals surface area contributed by atoms with Crippen LogP contribution >= 0.6 is 0 Å². The Morgan fingerprint density at radius 3 is 2.50 bits per heavy atom. The number of hydrogen-bond donors (Lipinski definition) is 2. The van der Waals surface area contributed by atoms with Gasteiger partial charge in [-0.3, -0.25) is 0 Å². The maximum atomic E-state index is 13.0. The van der Waals surface area contributed by atoms with Gasteiger partial charge >= 0.3 is 0 Å². The van der Waals surface area contributed by atoms with Crippen LogP contribution in [0.5, 0.6) is 0 Å². The Labute approximate surface area is 93.7 Å². The number of hydrogen-bond acceptors (Lipinski definition) is 3. The molecule has 1 aromatic rings. The van der Waals surface area contributed by atoms with Gasteiger partial charge < -0.3 is 5.73 Å². The largest absolute Gasteiger partial charge is 0.399 e. The third-order valence-corrected chi connectivity index (χ3v) is 4.20. The highest BCUT2D eigenvalue weighted by Gasteiger charge is 2.41. The SMILES string of the molecule is CC1(NS(=O)(=O)c2cc(N)cc(F)c2)CC1. The van der Waals surface area contributed by atoms with Crippen LogP contribution < -0.4 is 10.5 Å². The summed E-state index contributed by atoms with van der Waals surface area (Å²) in [5, 5.41) is 0. The summed E-state index contributed by atoms with van der Waals surface area (Å²) in [6.07, 6.45) is 1.61. The van der Waals surface area contributed by atoms with Gasteiger partial charge in [0.1, 0.15) is 5.82 Å². The average Bonchev–Trinajstić information content (AvgIpc) is 2.80. The van der Waals surface area contributed by atoms with E-state index in [-0.39, 0.29) is 16.1 Å². The Balaban J connectivity index is 2.35. The Hall–Kier alpha value is -1.14. The number of sulfonamides is 1. The molecule has 1 fully saturated rings. The van der Waals surface area contributed by atoms with Crippen molar-refractivity contribution in [2.75, 3.05) is 5.73 Å². The maximum Gasteiger partial charge on any atom is 0.241 e. The van der Waals surface area contributed by atoms with Crippen LogP contribution in [0.15, 0.2) is 23.1 Å². The lowest BCUT2D eigenvalue weighted by Crippen LogP contribution is -2.34. The number of nitrogens with two attached hydrogens (primary N) is 1. The first kappa shape index (κ1) is 11.3. The normalized spacial score (nSPS) is 18.4. The van der Waals surface area contributed by atoms with Gasteiger partial charge in [-0.15, -0.1) is 0 Å². The van der Waals surface area contributed by atoms with E-state index in [0.717, 1.165) is 25.0 Å². The molecule has 2 rings (SSSR count). The van der Waals surface area contributed by atoms with Crippen molar-refractivity contribution in [3.05, 3.63) is 24.0 Å². The molecule has 0 atom stereocenters. The standard InChI is InChI=1S/C10H13FN2O2S/c1-10(2-3-10)13-16(14,15)9-5-7(11)4-8(12)6-9/h4-6,13H,2-3,12H2,1H3. The highest BCUT2D eigenvalue weighted by molar-refractivity contribution is 7.89. The molecule has 1 aliphatic rings. The summed E-state index contributed by atoms with van der Waals surface area (Å²) in [5.41, 5.74) is 5.13. The van der Waals surface area contributed by atoms with Crippen molar-refractivity contribution in [3.8, 4) is 0 Å². The van der Waals surface area contributed by atoms with E-state index in [4.69, 9.17) is 5.73 Å². The minimum Gasteiger partial charge on any atom is -0.399 e. The van der Waals surface area contributed by atoms with Crippen LogP contribution in [0.4, 0.5) is 10.1 Å². The van der Waals surface area contributed by atoms with E-state index < -0.39 is 15.8 Å². The average molecular weight is 244 g/mol. The van der Waals surface area contributed by atoms with E-state index in [9.17, 15) is 12.8 Å². The van der Waals surface area contributed by atoms with Crippen molar-refractivity contribution >= 4 is 15.7 Å². The molecule has 0 radical (unpaired) electrons. The fraction of sp³-hybridized carbons (Fsp3) is 0.400. The summed E-state index contributed by atoms with van der Waals surface area (Å²) in [5.74, 6) is -0.652. The molecular weight excluding hydrogens is 231 g/mol. The summed E-state index contributed by atoms with van der Waals surface area (Å²) in [4.78, 5) is -0.127. The first-order valence-electron chi connectivity index (χ1n) is 4.91. The summed E-state index contributed by atoms with van der Waals surface area (Å²) in [6.45, 7) is 1.81. The van der Waals surface area contributed by atoms with Gasteiger partial charge in [-0.05, 0) is 38.0 Å². The van der Waals surface area contributed by atoms with E-state index in [1.165, 1.54) is 6.07 Å². The van der Waals surface area contributed by atoms with E-state index in [1.807, 2.05) is 6.92 Å². The number of rotatable bonds is 3. The zero-order valence-electron chi connectivity index (χ0n) is 8.83. The molecule has 1 saturated carbocycles. The zero-order chi connectivity index (χ0) is 12.0. The lowest BCUT2D eigenvalue weighted by molar-refractivity contribution is 0.555. The predicted octanol–water partition coefficient (Wildman–Crippen LogP) is 1.24. The quantitative estimate of drug-likeness (QED) is 0.786. The molecule has 0 unspecified atom stereocenters. The van der Waals surface area contributed by atoms with Crippen LogP contribution in [-0.4, -0.2) is 14.0 Å². The van der Waals surface area contributed by atoms with Gasteiger partial charge in [0, 0.05) is 11.2 Å². The van der Waals surface area contributed by atoms with Crippen LogP contribution in [0.25, 0.3) is 0 Å². The molecule has 0 bridgehead atoms. The highest BCUT2D eigenvalue weighted by atomic mass is 32.2. The first-order chi connectivity index (χ1) is 7.31. The molecule has 0 aliphatic heterocycles. The molecule has 0 heterocycles.